The molecule has 1 unspecified atom stereocenters. The third-order valence-corrected chi connectivity index (χ3v) is 3.15. The molecule has 1 aliphatic heterocycles. The first kappa shape index (κ1) is 12.9. The molecule has 1 aromatic rings. The van der Waals surface area contributed by atoms with Gasteiger partial charge in [0.2, 0.25) is 0 Å². The minimum atomic E-state index is -0.794. The highest BCUT2D eigenvalue weighted by Gasteiger charge is 2.45. The number of fused-ring (bicyclic) bond motifs is 1. The predicted molar refractivity (Wildman–Crippen MR) is 68.5 cm³/mol. The highest BCUT2D eigenvalue weighted by atomic mass is 16.5. The second-order valence-electron chi connectivity index (χ2n) is 4.79. The molecule has 0 radical (unpaired) electrons. The Kier molecular flexibility index (Phi) is 3.57. The lowest BCUT2D eigenvalue weighted by atomic mass is 9.83. The molecule has 98 valence electrons. The topological polar surface area (TPSA) is 47.6 Å². The zero-order chi connectivity index (χ0) is 13.2. The molecular weight excluding hydrogens is 230 g/mol. The van der Waals surface area contributed by atoms with Gasteiger partial charge < -0.3 is 9.47 Å². The van der Waals surface area contributed by atoms with E-state index in [4.69, 9.17) is 9.47 Å². The number of methoxy groups -OCH3 is 1. The molecule has 0 spiro atoms. The SMILES string of the molecule is COC(=O)C1(NC(C)C)CCOc2ccccc21. The van der Waals surface area contributed by atoms with E-state index < -0.39 is 5.54 Å². The maximum atomic E-state index is 12.2. The molecular formula is C14H19NO3. The van der Waals surface area contributed by atoms with Crippen LogP contribution in [0.5, 0.6) is 5.75 Å². The van der Waals surface area contributed by atoms with Crippen LogP contribution in [-0.2, 0) is 15.1 Å². The van der Waals surface area contributed by atoms with Gasteiger partial charge in [-0.15, -0.1) is 0 Å². The summed E-state index contributed by atoms with van der Waals surface area (Å²) in [6.07, 6.45) is 0.578. The predicted octanol–water partition coefficient (Wildman–Crippen LogP) is 1.84. The number of carbonyl (C=O) groups is 1. The molecule has 0 aromatic heterocycles. The van der Waals surface area contributed by atoms with Gasteiger partial charge in [-0.3, -0.25) is 5.32 Å². The fourth-order valence-electron chi connectivity index (χ4n) is 2.48. The molecule has 0 saturated carbocycles. The molecule has 0 bridgehead atoms. The fraction of sp³-hybridized carbons (Fsp3) is 0.500. The van der Waals surface area contributed by atoms with Crippen LogP contribution in [0.2, 0.25) is 0 Å². The summed E-state index contributed by atoms with van der Waals surface area (Å²) in [6, 6.07) is 7.79. The van der Waals surface area contributed by atoms with Crippen molar-refractivity contribution in [1.82, 2.24) is 5.32 Å². The van der Waals surface area contributed by atoms with E-state index in [0.29, 0.717) is 13.0 Å². The number of para-hydroxylation sites is 1. The molecule has 1 atom stereocenters. The van der Waals surface area contributed by atoms with Gasteiger partial charge in [-0.25, -0.2) is 4.79 Å². The minimum absolute atomic E-state index is 0.176. The summed E-state index contributed by atoms with van der Waals surface area (Å²) < 4.78 is 10.6. The van der Waals surface area contributed by atoms with Crippen molar-refractivity contribution in [2.75, 3.05) is 13.7 Å². The second-order valence-corrected chi connectivity index (χ2v) is 4.79. The van der Waals surface area contributed by atoms with Crippen LogP contribution in [-0.4, -0.2) is 25.7 Å². The average Bonchev–Trinajstić information content (AvgIpc) is 2.37. The molecule has 2 rings (SSSR count). The fourth-order valence-corrected chi connectivity index (χ4v) is 2.48. The lowest BCUT2D eigenvalue weighted by Gasteiger charge is -2.38. The van der Waals surface area contributed by atoms with Crippen LogP contribution in [0.1, 0.15) is 25.8 Å². The monoisotopic (exact) mass is 249 g/mol. The van der Waals surface area contributed by atoms with Crippen molar-refractivity contribution in [2.45, 2.75) is 31.8 Å². The molecule has 0 saturated heterocycles. The largest absolute Gasteiger partial charge is 0.493 e. The lowest BCUT2D eigenvalue weighted by Crippen LogP contribution is -2.55. The first-order valence-electron chi connectivity index (χ1n) is 6.18. The maximum Gasteiger partial charge on any atom is 0.331 e. The van der Waals surface area contributed by atoms with Gasteiger partial charge in [0.1, 0.15) is 11.3 Å². The number of rotatable bonds is 3. The van der Waals surface area contributed by atoms with Gasteiger partial charge in [-0.05, 0) is 19.9 Å². The highest BCUT2D eigenvalue weighted by Crippen LogP contribution is 2.38. The van der Waals surface area contributed by atoms with Crippen molar-refractivity contribution < 1.29 is 14.3 Å². The molecule has 1 heterocycles. The van der Waals surface area contributed by atoms with Gasteiger partial charge >= 0.3 is 5.97 Å². The highest BCUT2D eigenvalue weighted by molar-refractivity contribution is 5.84. The number of nitrogens with one attached hydrogen (secondary N) is 1. The maximum absolute atomic E-state index is 12.2. The minimum Gasteiger partial charge on any atom is -0.493 e. The van der Waals surface area contributed by atoms with Crippen LogP contribution in [0, 0.1) is 0 Å². The van der Waals surface area contributed by atoms with Crippen LogP contribution >= 0.6 is 0 Å². The number of benzene rings is 1. The van der Waals surface area contributed by atoms with E-state index in [2.05, 4.69) is 5.32 Å². The molecule has 18 heavy (non-hydrogen) atoms. The van der Waals surface area contributed by atoms with Crippen LogP contribution in [0.4, 0.5) is 0 Å². The number of ether oxygens (including phenoxy) is 2. The molecule has 4 heteroatoms. The first-order chi connectivity index (χ1) is 8.60. The summed E-state index contributed by atoms with van der Waals surface area (Å²) in [4.78, 5) is 12.2. The van der Waals surface area contributed by atoms with E-state index in [1.165, 1.54) is 7.11 Å². The smallest absolute Gasteiger partial charge is 0.331 e. The zero-order valence-electron chi connectivity index (χ0n) is 11.0. The summed E-state index contributed by atoms with van der Waals surface area (Å²) >= 11 is 0. The molecule has 0 aliphatic carbocycles. The van der Waals surface area contributed by atoms with Gasteiger partial charge in [0.15, 0.2) is 0 Å². The van der Waals surface area contributed by atoms with E-state index >= 15 is 0 Å². The number of hydrogen-bond donors (Lipinski definition) is 1. The molecule has 4 nitrogen and oxygen atoms in total. The Hall–Kier alpha value is -1.55. The summed E-state index contributed by atoms with van der Waals surface area (Å²) in [5.74, 6) is 0.495. The van der Waals surface area contributed by atoms with Gasteiger partial charge in [-0.2, -0.15) is 0 Å². The normalized spacial score (nSPS) is 22.2. The molecule has 1 aliphatic rings. The Morgan fingerprint density at radius 3 is 2.83 bits per heavy atom. The van der Waals surface area contributed by atoms with E-state index in [1.807, 2.05) is 38.1 Å². The lowest BCUT2D eigenvalue weighted by molar-refractivity contribution is -0.151. The molecule has 0 amide bonds. The molecule has 0 fully saturated rings. The summed E-state index contributed by atoms with van der Waals surface area (Å²) in [7, 11) is 1.42. The van der Waals surface area contributed by atoms with Crippen molar-refractivity contribution in [3.05, 3.63) is 29.8 Å². The molecule has 1 N–H and O–H groups in total. The Bertz CT molecular complexity index is 444. The van der Waals surface area contributed by atoms with Crippen molar-refractivity contribution in [3.63, 3.8) is 0 Å². The molecule has 1 aromatic carbocycles. The second kappa shape index (κ2) is 4.98. The van der Waals surface area contributed by atoms with Crippen LogP contribution < -0.4 is 10.1 Å². The Labute approximate surface area is 107 Å². The average molecular weight is 249 g/mol. The van der Waals surface area contributed by atoms with Crippen LogP contribution in [0.3, 0.4) is 0 Å². The van der Waals surface area contributed by atoms with Gasteiger partial charge in [0.05, 0.1) is 13.7 Å². The standard InChI is InChI=1S/C14H19NO3/c1-10(2)15-14(13(16)17-3)8-9-18-12-7-5-4-6-11(12)14/h4-7,10,15H,8-9H2,1-3H3. The van der Waals surface area contributed by atoms with Gasteiger partial charge in [-0.1, -0.05) is 18.2 Å². The quantitative estimate of drug-likeness (QED) is 0.830. The number of carbonyl (C=O) groups excluding carboxylic acids is 1. The summed E-state index contributed by atoms with van der Waals surface area (Å²) in [6.45, 7) is 4.54. The first-order valence-corrected chi connectivity index (χ1v) is 6.18. The Morgan fingerprint density at radius 1 is 1.44 bits per heavy atom. The van der Waals surface area contributed by atoms with Crippen molar-refractivity contribution in [1.29, 1.82) is 0 Å². The van der Waals surface area contributed by atoms with Crippen LogP contribution in [0.15, 0.2) is 24.3 Å². The third kappa shape index (κ3) is 2.08. The zero-order valence-corrected chi connectivity index (χ0v) is 11.0. The Morgan fingerprint density at radius 2 is 2.17 bits per heavy atom. The van der Waals surface area contributed by atoms with Crippen molar-refractivity contribution >= 4 is 5.97 Å². The summed E-state index contributed by atoms with van der Waals surface area (Å²) in [5, 5.41) is 3.35. The van der Waals surface area contributed by atoms with Gasteiger partial charge in [0, 0.05) is 18.0 Å². The summed E-state index contributed by atoms with van der Waals surface area (Å²) in [5.41, 5.74) is 0.0643. The van der Waals surface area contributed by atoms with Crippen molar-refractivity contribution in [2.24, 2.45) is 0 Å². The number of hydrogen-bond acceptors (Lipinski definition) is 4. The Balaban J connectivity index is 2.51. The van der Waals surface area contributed by atoms with Gasteiger partial charge in [0.25, 0.3) is 0 Å². The van der Waals surface area contributed by atoms with Crippen molar-refractivity contribution in [3.8, 4) is 5.75 Å². The number of esters is 1. The van der Waals surface area contributed by atoms with E-state index in [0.717, 1.165) is 11.3 Å². The van der Waals surface area contributed by atoms with E-state index in [1.54, 1.807) is 0 Å². The van der Waals surface area contributed by atoms with E-state index in [9.17, 15) is 4.79 Å². The third-order valence-electron chi connectivity index (χ3n) is 3.15. The van der Waals surface area contributed by atoms with E-state index in [-0.39, 0.29) is 12.0 Å². The van der Waals surface area contributed by atoms with Crippen LogP contribution in [0.25, 0.3) is 0 Å².